The van der Waals surface area contributed by atoms with Crippen LogP contribution in [0.1, 0.15) is 27.6 Å². The van der Waals surface area contributed by atoms with Gasteiger partial charge in [0.15, 0.2) is 6.10 Å². The Hall–Kier alpha value is -4.17. The molecule has 33 heavy (non-hydrogen) atoms. The molecule has 4 rings (SSSR count). The molecular formula is C24H18ClN3O5. The molecule has 4 aromatic rings. The van der Waals surface area contributed by atoms with Crippen molar-refractivity contribution in [1.82, 2.24) is 9.97 Å². The molecular weight excluding hydrogens is 446 g/mol. The van der Waals surface area contributed by atoms with E-state index in [2.05, 4.69) is 15.3 Å². The van der Waals surface area contributed by atoms with Gasteiger partial charge < -0.3 is 20.1 Å². The molecule has 1 unspecified atom stereocenters. The number of carbonyl (C=O) groups excluding carboxylic acids is 2. The van der Waals surface area contributed by atoms with E-state index in [1.54, 1.807) is 24.3 Å². The lowest BCUT2D eigenvalue weighted by Gasteiger charge is -2.15. The molecule has 0 spiro atoms. The van der Waals surface area contributed by atoms with E-state index in [1.165, 1.54) is 25.1 Å². The molecule has 3 aromatic carbocycles. The topological polar surface area (TPSA) is 121 Å². The number of esters is 1. The minimum atomic E-state index is -1.22. The maximum Gasteiger partial charge on any atom is 0.339 e. The molecule has 0 radical (unpaired) electrons. The van der Waals surface area contributed by atoms with E-state index in [0.29, 0.717) is 11.4 Å². The van der Waals surface area contributed by atoms with Crippen LogP contribution >= 0.6 is 11.6 Å². The number of para-hydroxylation sites is 2. The molecule has 0 saturated carbocycles. The number of ether oxygens (including phenoxy) is 1. The van der Waals surface area contributed by atoms with Crippen molar-refractivity contribution in [2.45, 2.75) is 13.0 Å². The number of carbonyl (C=O) groups is 3. The van der Waals surface area contributed by atoms with Crippen LogP contribution in [0.15, 0.2) is 66.7 Å². The lowest BCUT2D eigenvalue weighted by atomic mass is 10.1. The molecule has 0 aliphatic rings. The fourth-order valence-corrected chi connectivity index (χ4v) is 3.43. The van der Waals surface area contributed by atoms with Gasteiger partial charge in [-0.3, -0.25) is 4.79 Å². The summed E-state index contributed by atoms with van der Waals surface area (Å²) in [4.78, 5) is 44.3. The van der Waals surface area contributed by atoms with E-state index in [1.807, 2.05) is 24.3 Å². The van der Waals surface area contributed by atoms with Gasteiger partial charge in [0.2, 0.25) is 0 Å². The predicted molar refractivity (Wildman–Crippen MR) is 123 cm³/mol. The van der Waals surface area contributed by atoms with Crippen LogP contribution in [0.5, 0.6) is 0 Å². The van der Waals surface area contributed by atoms with E-state index in [0.717, 1.165) is 11.0 Å². The van der Waals surface area contributed by atoms with Gasteiger partial charge in [-0.1, -0.05) is 41.9 Å². The summed E-state index contributed by atoms with van der Waals surface area (Å²) in [7, 11) is 0. The summed E-state index contributed by atoms with van der Waals surface area (Å²) in [6, 6.07) is 18.3. The van der Waals surface area contributed by atoms with E-state index >= 15 is 0 Å². The number of amides is 1. The van der Waals surface area contributed by atoms with E-state index in [9.17, 15) is 19.5 Å². The van der Waals surface area contributed by atoms with Crippen LogP contribution in [-0.4, -0.2) is 39.0 Å². The number of aromatic carboxylic acids is 1. The molecule has 0 saturated heterocycles. The predicted octanol–water partition coefficient (Wildman–Crippen LogP) is 4.77. The average Bonchev–Trinajstić information content (AvgIpc) is 3.24. The first-order chi connectivity index (χ1) is 15.8. The standard InChI is InChI=1S/C24H18ClN3O5/c1-13(22(29)26-14-10-11-18(25)17(12-14)23(30)31)33-24(32)16-7-3-2-6-15(16)21-27-19-8-4-5-9-20(19)28-21/h2-13H,1H3,(H,26,29)(H,27,28)(H,30,31). The first kappa shape index (κ1) is 22.0. The molecule has 1 aromatic heterocycles. The number of benzene rings is 3. The number of rotatable bonds is 6. The summed E-state index contributed by atoms with van der Waals surface area (Å²) >= 11 is 5.85. The zero-order valence-corrected chi connectivity index (χ0v) is 18.1. The van der Waals surface area contributed by atoms with Crippen molar-refractivity contribution in [2.75, 3.05) is 5.32 Å². The first-order valence-corrected chi connectivity index (χ1v) is 10.3. The van der Waals surface area contributed by atoms with Gasteiger partial charge in [-0.25, -0.2) is 14.6 Å². The minimum absolute atomic E-state index is 0.0437. The smallest absolute Gasteiger partial charge is 0.339 e. The molecule has 8 nitrogen and oxygen atoms in total. The minimum Gasteiger partial charge on any atom is -0.478 e. The Labute approximate surface area is 193 Å². The SMILES string of the molecule is CC(OC(=O)c1ccccc1-c1nc2ccccc2[nH]1)C(=O)Nc1ccc(Cl)c(C(=O)O)c1. The maximum atomic E-state index is 12.9. The highest BCUT2D eigenvalue weighted by atomic mass is 35.5. The number of carboxylic acid groups (broad SMARTS) is 1. The molecule has 0 aliphatic carbocycles. The number of nitrogens with one attached hydrogen (secondary N) is 2. The van der Waals surface area contributed by atoms with Gasteiger partial charge in [-0.15, -0.1) is 0 Å². The number of aromatic nitrogens is 2. The number of hydrogen-bond donors (Lipinski definition) is 3. The molecule has 0 fully saturated rings. The number of halogens is 1. The van der Waals surface area contributed by atoms with Crippen molar-refractivity contribution in [1.29, 1.82) is 0 Å². The van der Waals surface area contributed by atoms with E-state index < -0.39 is 23.9 Å². The van der Waals surface area contributed by atoms with Gasteiger partial charge in [-0.2, -0.15) is 0 Å². The normalized spacial score (nSPS) is 11.7. The number of H-pyrrole nitrogens is 1. The largest absolute Gasteiger partial charge is 0.478 e. The lowest BCUT2D eigenvalue weighted by Crippen LogP contribution is -2.30. The molecule has 1 heterocycles. The number of nitrogens with zero attached hydrogens (tertiary/aromatic N) is 1. The van der Waals surface area contributed by atoms with Crippen LogP contribution in [0.25, 0.3) is 22.4 Å². The number of fused-ring (bicyclic) bond motifs is 1. The summed E-state index contributed by atoms with van der Waals surface area (Å²) in [5.74, 6) is -2.04. The van der Waals surface area contributed by atoms with Crippen molar-refractivity contribution in [3.63, 3.8) is 0 Å². The second kappa shape index (κ2) is 9.13. The monoisotopic (exact) mass is 463 g/mol. The molecule has 166 valence electrons. The highest BCUT2D eigenvalue weighted by Gasteiger charge is 2.23. The van der Waals surface area contributed by atoms with Crippen LogP contribution < -0.4 is 5.32 Å². The van der Waals surface area contributed by atoms with Crippen molar-refractivity contribution in [3.05, 3.63) is 82.9 Å². The van der Waals surface area contributed by atoms with Crippen molar-refractivity contribution in [3.8, 4) is 11.4 Å². The summed E-state index contributed by atoms with van der Waals surface area (Å²) in [5.41, 5.74) is 2.43. The van der Waals surface area contributed by atoms with Gasteiger partial charge >= 0.3 is 11.9 Å². The van der Waals surface area contributed by atoms with Crippen molar-refractivity contribution in [2.24, 2.45) is 0 Å². The zero-order chi connectivity index (χ0) is 23.5. The third-order valence-electron chi connectivity index (χ3n) is 4.91. The highest BCUT2D eigenvalue weighted by Crippen LogP contribution is 2.25. The highest BCUT2D eigenvalue weighted by molar-refractivity contribution is 6.33. The maximum absolute atomic E-state index is 12.9. The van der Waals surface area contributed by atoms with Crippen LogP contribution in [0.2, 0.25) is 5.02 Å². The van der Waals surface area contributed by atoms with E-state index in [4.69, 9.17) is 16.3 Å². The Morgan fingerprint density at radius 3 is 2.52 bits per heavy atom. The van der Waals surface area contributed by atoms with Gasteiger partial charge in [-0.05, 0) is 43.3 Å². The van der Waals surface area contributed by atoms with Crippen LogP contribution in [-0.2, 0) is 9.53 Å². The van der Waals surface area contributed by atoms with Gasteiger partial charge in [0, 0.05) is 11.3 Å². The number of aromatic amines is 1. The Morgan fingerprint density at radius 2 is 1.76 bits per heavy atom. The second-order valence-corrected chi connectivity index (χ2v) is 7.59. The molecule has 3 N–H and O–H groups in total. The third-order valence-corrected chi connectivity index (χ3v) is 5.24. The van der Waals surface area contributed by atoms with Crippen LogP contribution in [0, 0.1) is 0 Å². The van der Waals surface area contributed by atoms with Gasteiger partial charge in [0.25, 0.3) is 5.91 Å². The Balaban J connectivity index is 1.51. The summed E-state index contributed by atoms with van der Waals surface area (Å²) in [6.07, 6.45) is -1.15. The van der Waals surface area contributed by atoms with Gasteiger partial charge in [0.1, 0.15) is 5.82 Å². The number of anilines is 1. The van der Waals surface area contributed by atoms with Crippen LogP contribution in [0.4, 0.5) is 5.69 Å². The van der Waals surface area contributed by atoms with E-state index in [-0.39, 0.29) is 21.8 Å². The molecule has 0 bridgehead atoms. The first-order valence-electron chi connectivity index (χ1n) is 9.92. The quantitative estimate of drug-likeness (QED) is 0.354. The Bertz CT molecular complexity index is 1350. The zero-order valence-electron chi connectivity index (χ0n) is 17.3. The third kappa shape index (κ3) is 4.70. The molecule has 0 aliphatic heterocycles. The van der Waals surface area contributed by atoms with Gasteiger partial charge in [0.05, 0.1) is 27.2 Å². The fraction of sp³-hybridized carbons (Fsp3) is 0.0833. The average molecular weight is 464 g/mol. The summed E-state index contributed by atoms with van der Waals surface area (Å²) in [6.45, 7) is 1.42. The van der Waals surface area contributed by atoms with Crippen molar-refractivity contribution < 1.29 is 24.2 Å². The Morgan fingerprint density at radius 1 is 1.03 bits per heavy atom. The molecule has 1 atom stereocenters. The number of imidazole rings is 1. The lowest BCUT2D eigenvalue weighted by molar-refractivity contribution is -0.123. The Kier molecular flexibility index (Phi) is 6.10. The summed E-state index contributed by atoms with van der Waals surface area (Å²) in [5, 5.41) is 11.7. The van der Waals surface area contributed by atoms with Crippen molar-refractivity contribution >= 4 is 46.2 Å². The molecule has 9 heteroatoms. The molecule has 1 amide bonds. The summed E-state index contributed by atoms with van der Waals surface area (Å²) < 4.78 is 5.37. The second-order valence-electron chi connectivity index (χ2n) is 7.18. The number of hydrogen-bond acceptors (Lipinski definition) is 5. The van der Waals surface area contributed by atoms with Crippen LogP contribution in [0.3, 0.4) is 0 Å². The number of carboxylic acids is 1. The fourth-order valence-electron chi connectivity index (χ4n) is 3.24.